The molecule has 7 nitrogen and oxygen atoms in total. The van der Waals surface area contributed by atoms with Crippen LogP contribution in [0.15, 0.2) is 48.5 Å². The lowest BCUT2D eigenvalue weighted by Crippen LogP contribution is -2.50. The van der Waals surface area contributed by atoms with Crippen molar-refractivity contribution in [1.82, 2.24) is 10.2 Å². The number of amides is 2. The molecule has 2 aromatic carbocycles. The van der Waals surface area contributed by atoms with Crippen LogP contribution < -0.4 is 9.62 Å². The summed E-state index contributed by atoms with van der Waals surface area (Å²) >= 11 is 0. The number of hydrogen-bond acceptors (Lipinski definition) is 4. The van der Waals surface area contributed by atoms with Crippen molar-refractivity contribution in [3.63, 3.8) is 0 Å². The minimum absolute atomic E-state index is 0.0205. The summed E-state index contributed by atoms with van der Waals surface area (Å²) in [6.07, 6.45) is 3.11. The molecule has 0 saturated heterocycles. The first-order valence-corrected chi connectivity index (χ1v) is 14.5. The summed E-state index contributed by atoms with van der Waals surface area (Å²) in [5, 5.41) is 2.97. The van der Waals surface area contributed by atoms with E-state index in [9.17, 15) is 18.0 Å². The van der Waals surface area contributed by atoms with Crippen molar-refractivity contribution in [3.05, 3.63) is 65.2 Å². The highest BCUT2D eigenvalue weighted by atomic mass is 32.2. The third kappa shape index (κ3) is 8.97. The van der Waals surface area contributed by atoms with Crippen LogP contribution in [-0.2, 0) is 26.0 Å². The lowest BCUT2D eigenvalue weighted by Gasteiger charge is -2.30. The van der Waals surface area contributed by atoms with E-state index in [4.69, 9.17) is 0 Å². The Bertz CT molecular complexity index is 1100. The van der Waals surface area contributed by atoms with Gasteiger partial charge in [-0.2, -0.15) is 0 Å². The fourth-order valence-electron chi connectivity index (χ4n) is 4.13. The first-order valence-electron chi connectivity index (χ1n) is 12.6. The molecule has 0 fully saturated rings. The summed E-state index contributed by atoms with van der Waals surface area (Å²) in [6, 6.07) is 14.9. The largest absolute Gasteiger partial charge is 0.352 e. The van der Waals surface area contributed by atoms with Crippen molar-refractivity contribution in [2.45, 2.75) is 72.4 Å². The number of carbonyl (C=O) groups excluding carboxylic acids is 2. The van der Waals surface area contributed by atoms with E-state index in [1.165, 1.54) is 10.6 Å². The molecule has 0 aliphatic heterocycles. The minimum atomic E-state index is -3.52. The minimum Gasteiger partial charge on any atom is -0.352 e. The van der Waals surface area contributed by atoms with E-state index in [0.717, 1.165) is 23.1 Å². The second-order valence-corrected chi connectivity index (χ2v) is 11.5. The van der Waals surface area contributed by atoms with Gasteiger partial charge in [0.2, 0.25) is 21.8 Å². The molecule has 0 heterocycles. The van der Waals surface area contributed by atoms with Gasteiger partial charge in [-0.05, 0) is 75.8 Å². The van der Waals surface area contributed by atoms with Gasteiger partial charge < -0.3 is 10.2 Å². The van der Waals surface area contributed by atoms with Gasteiger partial charge in [-0.25, -0.2) is 8.42 Å². The molecule has 0 spiro atoms. The van der Waals surface area contributed by atoms with E-state index >= 15 is 0 Å². The Morgan fingerprint density at radius 3 is 2.14 bits per heavy atom. The van der Waals surface area contributed by atoms with Crippen LogP contribution in [0.5, 0.6) is 0 Å². The van der Waals surface area contributed by atoms with Gasteiger partial charge in [-0.15, -0.1) is 0 Å². The quantitative estimate of drug-likeness (QED) is 0.433. The fourth-order valence-corrected chi connectivity index (χ4v) is 5.08. The summed E-state index contributed by atoms with van der Waals surface area (Å²) in [4.78, 5) is 27.8. The Kier molecular flexibility index (Phi) is 11.0. The number of sulfonamides is 1. The van der Waals surface area contributed by atoms with Crippen LogP contribution >= 0.6 is 0 Å². The molecule has 0 aliphatic rings. The molecule has 8 heteroatoms. The molecule has 0 unspecified atom stereocenters. The van der Waals surface area contributed by atoms with Crippen molar-refractivity contribution < 1.29 is 18.0 Å². The van der Waals surface area contributed by atoms with E-state index < -0.39 is 16.1 Å². The molecule has 0 aliphatic carbocycles. The number of rotatable bonds is 13. The standard InChI is InChI=1S/C28H41N3O4S/c1-7-23(4)29-28(33)24(5)30(17-15-25-12-9-8-10-13-25)27(32)14-11-16-31(36(6,34)35)26-19-21(2)18-22(3)20-26/h8-10,12-13,18-20,23-24H,7,11,14-17H2,1-6H3,(H,29,33)/t23-,24+/m0/s1. The Morgan fingerprint density at radius 1 is 0.972 bits per heavy atom. The zero-order chi connectivity index (χ0) is 26.9. The molecule has 0 aromatic heterocycles. The van der Waals surface area contributed by atoms with Gasteiger partial charge in [0.1, 0.15) is 6.04 Å². The lowest BCUT2D eigenvalue weighted by molar-refractivity contribution is -0.140. The average Bonchev–Trinajstić information content (AvgIpc) is 2.80. The summed E-state index contributed by atoms with van der Waals surface area (Å²) in [5.74, 6) is -0.342. The van der Waals surface area contributed by atoms with Crippen LogP contribution in [0.2, 0.25) is 0 Å². The molecule has 1 N–H and O–H groups in total. The van der Waals surface area contributed by atoms with Crippen LogP contribution in [0.3, 0.4) is 0 Å². The summed E-state index contributed by atoms with van der Waals surface area (Å²) in [6.45, 7) is 10.1. The first kappa shape index (κ1) is 29.4. The monoisotopic (exact) mass is 515 g/mol. The predicted octanol–water partition coefficient (Wildman–Crippen LogP) is 4.22. The molecule has 2 atom stereocenters. The number of nitrogens with zero attached hydrogens (tertiary/aromatic N) is 2. The molecular formula is C28H41N3O4S. The topological polar surface area (TPSA) is 86.8 Å². The van der Waals surface area contributed by atoms with Crippen molar-refractivity contribution in [2.24, 2.45) is 0 Å². The van der Waals surface area contributed by atoms with E-state index in [-0.39, 0.29) is 30.8 Å². The van der Waals surface area contributed by atoms with E-state index in [1.54, 1.807) is 11.8 Å². The average molecular weight is 516 g/mol. The second-order valence-electron chi connectivity index (χ2n) is 9.60. The predicted molar refractivity (Wildman–Crippen MR) is 147 cm³/mol. The van der Waals surface area contributed by atoms with E-state index in [2.05, 4.69) is 5.32 Å². The summed E-state index contributed by atoms with van der Waals surface area (Å²) in [7, 11) is -3.52. The maximum atomic E-state index is 13.3. The molecule has 2 amide bonds. The smallest absolute Gasteiger partial charge is 0.242 e. The summed E-state index contributed by atoms with van der Waals surface area (Å²) in [5.41, 5.74) is 3.64. The fraction of sp³-hybridized carbons (Fsp3) is 0.500. The number of benzene rings is 2. The van der Waals surface area contributed by atoms with Gasteiger partial charge in [-0.3, -0.25) is 13.9 Å². The van der Waals surface area contributed by atoms with Crippen LogP contribution in [-0.4, -0.2) is 56.6 Å². The number of aryl methyl sites for hydroxylation is 2. The molecule has 2 aromatic rings. The number of hydrogen-bond donors (Lipinski definition) is 1. The van der Waals surface area contributed by atoms with Gasteiger partial charge in [0.25, 0.3) is 0 Å². The Morgan fingerprint density at radius 2 is 1.58 bits per heavy atom. The number of anilines is 1. The first-order chi connectivity index (χ1) is 16.9. The van der Waals surface area contributed by atoms with Crippen LogP contribution in [0.25, 0.3) is 0 Å². The highest BCUT2D eigenvalue weighted by Gasteiger charge is 2.27. The molecule has 198 valence electrons. The summed E-state index contributed by atoms with van der Waals surface area (Å²) < 4.78 is 26.4. The molecular weight excluding hydrogens is 474 g/mol. The zero-order valence-corrected chi connectivity index (χ0v) is 23.3. The van der Waals surface area contributed by atoms with Crippen molar-refractivity contribution in [3.8, 4) is 0 Å². The van der Waals surface area contributed by atoms with Gasteiger partial charge in [-0.1, -0.05) is 43.3 Å². The van der Waals surface area contributed by atoms with Crippen LogP contribution in [0.1, 0.15) is 56.7 Å². The normalized spacial score (nSPS) is 13.1. The lowest BCUT2D eigenvalue weighted by atomic mass is 10.1. The Labute approximate surface area is 216 Å². The van der Waals surface area contributed by atoms with Crippen molar-refractivity contribution >= 4 is 27.5 Å². The molecule has 0 radical (unpaired) electrons. The molecule has 0 saturated carbocycles. The van der Waals surface area contributed by atoms with Crippen molar-refractivity contribution in [2.75, 3.05) is 23.7 Å². The number of carbonyl (C=O) groups is 2. The van der Waals surface area contributed by atoms with Crippen LogP contribution in [0, 0.1) is 13.8 Å². The highest BCUT2D eigenvalue weighted by molar-refractivity contribution is 7.92. The third-order valence-electron chi connectivity index (χ3n) is 6.30. The maximum Gasteiger partial charge on any atom is 0.242 e. The maximum absolute atomic E-state index is 13.3. The van der Waals surface area contributed by atoms with Gasteiger partial charge in [0, 0.05) is 25.6 Å². The van der Waals surface area contributed by atoms with Gasteiger partial charge in [0.15, 0.2) is 0 Å². The molecule has 0 bridgehead atoms. The van der Waals surface area contributed by atoms with Crippen molar-refractivity contribution in [1.29, 1.82) is 0 Å². The Balaban J connectivity index is 2.14. The zero-order valence-electron chi connectivity index (χ0n) is 22.5. The Hall–Kier alpha value is -2.87. The van der Waals surface area contributed by atoms with E-state index in [0.29, 0.717) is 25.1 Å². The molecule has 2 rings (SSSR count). The van der Waals surface area contributed by atoms with Crippen LogP contribution in [0.4, 0.5) is 5.69 Å². The SMILES string of the molecule is CC[C@H](C)NC(=O)[C@@H](C)N(CCc1ccccc1)C(=O)CCCN(c1cc(C)cc(C)c1)S(C)(=O)=O. The number of nitrogens with one attached hydrogen (secondary N) is 1. The second kappa shape index (κ2) is 13.4. The van der Waals surface area contributed by atoms with Gasteiger partial charge >= 0.3 is 0 Å². The third-order valence-corrected chi connectivity index (χ3v) is 7.49. The molecule has 36 heavy (non-hydrogen) atoms. The highest BCUT2D eigenvalue weighted by Crippen LogP contribution is 2.22. The van der Waals surface area contributed by atoms with E-state index in [1.807, 2.05) is 76.2 Å². The van der Waals surface area contributed by atoms with Gasteiger partial charge in [0.05, 0.1) is 11.9 Å².